The van der Waals surface area contributed by atoms with Crippen molar-refractivity contribution in [2.24, 2.45) is 5.10 Å². The van der Waals surface area contributed by atoms with Crippen molar-refractivity contribution in [2.75, 3.05) is 7.11 Å². The van der Waals surface area contributed by atoms with Crippen LogP contribution in [-0.2, 0) is 11.3 Å². The van der Waals surface area contributed by atoms with Gasteiger partial charge in [-0.25, -0.2) is 5.43 Å². The third kappa shape index (κ3) is 4.01. The molecule has 132 valence electrons. The van der Waals surface area contributed by atoms with E-state index in [4.69, 9.17) is 4.74 Å². The van der Waals surface area contributed by atoms with Crippen molar-refractivity contribution in [1.29, 1.82) is 0 Å². The second kappa shape index (κ2) is 7.88. The number of benzene rings is 2. The number of aromatic nitrogens is 4. The number of hydrogen-bond acceptors (Lipinski definition) is 7. The predicted molar refractivity (Wildman–Crippen MR) is 93.6 cm³/mol. The monoisotopic (exact) mass is 352 g/mol. The van der Waals surface area contributed by atoms with Crippen molar-refractivity contribution in [2.45, 2.75) is 6.54 Å². The van der Waals surface area contributed by atoms with E-state index in [9.17, 15) is 9.90 Å². The summed E-state index contributed by atoms with van der Waals surface area (Å²) < 4.78 is 5.01. The third-order valence-corrected chi connectivity index (χ3v) is 3.41. The summed E-state index contributed by atoms with van der Waals surface area (Å²) in [6.07, 6.45) is 1.32. The highest BCUT2D eigenvalue weighted by Crippen LogP contribution is 2.27. The number of carbonyl (C=O) groups is 1. The summed E-state index contributed by atoms with van der Waals surface area (Å²) in [7, 11) is 1.45. The number of nitrogens with zero attached hydrogens (tertiary/aromatic N) is 5. The van der Waals surface area contributed by atoms with Gasteiger partial charge in [-0.3, -0.25) is 4.79 Å². The van der Waals surface area contributed by atoms with Gasteiger partial charge in [-0.15, -0.1) is 10.2 Å². The smallest absolute Gasteiger partial charge is 0.263 e. The third-order valence-electron chi connectivity index (χ3n) is 3.41. The molecule has 0 spiro atoms. The fourth-order valence-corrected chi connectivity index (χ4v) is 2.16. The van der Waals surface area contributed by atoms with Gasteiger partial charge in [0.25, 0.3) is 5.91 Å². The van der Waals surface area contributed by atoms with Crippen molar-refractivity contribution in [1.82, 2.24) is 25.6 Å². The molecule has 0 aliphatic heterocycles. The van der Waals surface area contributed by atoms with Gasteiger partial charge in [0.2, 0.25) is 5.82 Å². The summed E-state index contributed by atoms with van der Waals surface area (Å²) in [5.74, 6) is 0.267. The van der Waals surface area contributed by atoms with Gasteiger partial charge in [0, 0.05) is 11.1 Å². The molecule has 0 saturated carbocycles. The Hall–Kier alpha value is -3.75. The van der Waals surface area contributed by atoms with Crippen LogP contribution < -0.4 is 10.2 Å². The summed E-state index contributed by atoms with van der Waals surface area (Å²) in [4.78, 5) is 13.1. The van der Waals surface area contributed by atoms with E-state index in [-0.39, 0.29) is 12.3 Å². The van der Waals surface area contributed by atoms with Crippen molar-refractivity contribution in [3.8, 4) is 22.9 Å². The van der Waals surface area contributed by atoms with Crippen molar-refractivity contribution >= 4 is 12.1 Å². The molecule has 0 aliphatic carbocycles. The molecule has 0 fully saturated rings. The van der Waals surface area contributed by atoms with E-state index in [1.165, 1.54) is 18.1 Å². The first-order chi connectivity index (χ1) is 12.7. The highest BCUT2D eigenvalue weighted by Gasteiger charge is 2.09. The highest BCUT2D eigenvalue weighted by atomic mass is 16.5. The van der Waals surface area contributed by atoms with E-state index in [0.717, 1.165) is 5.56 Å². The number of carbonyl (C=O) groups excluding carboxylic acids is 1. The molecule has 0 saturated heterocycles. The minimum Gasteiger partial charge on any atom is -0.504 e. The van der Waals surface area contributed by atoms with Gasteiger partial charge >= 0.3 is 0 Å². The Morgan fingerprint density at radius 2 is 2.08 bits per heavy atom. The lowest BCUT2D eigenvalue weighted by molar-refractivity contribution is -0.122. The number of ether oxygens (including phenoxy) is 1. The van der Waals surface area contributed by atoms with E-state index < -0.39 is 5.91 Å². The fraction of sp³-hybridized carbons (Fsp3) is 0.118. The van der Waals surface area contributed by atoms with Gasteiger partial charge in [-0.2, -0.15) is 9.90 Å². The standard InChI is InChI=1S/C17H16N6O3/c1-26-14-9-5-8-13(16(14)25)10-18-19-15(24)11-23-21-17(20-22-23)12-6-3-2-4-7-12/h2-10,25H,11H2,1H3,(H,19,24). The number of para-hydroxylation sites is 1. The number of tetrazole rings is 1. The maximum atomic E-state index is 11.9. The quantitative estimate of drug-likeness (QED) is 0.509. The molecular formula is C17H16N6O3. The average molecular weight is 352 g/mol. The first-order valence-electron chi connectivity index (χ1n) is 7.68. The Bertz CT molecular complexity index is 923. The van der Waals surface area contributed by atoms with E-state index in [1.807, 2.05) is 30.3 Å². The van der Waals surface area contributed by atoms with Crippen LogP contribution in [0.15, 0.2) is 53.6 Å². The SMILES string of the molecule is COc1cccc(C=NNC(=O)Cn2nnc(-c3ccccc3)n2)c1O. The Labute approximate surface area is 148 Å². The number of hydrazone groups is 1. The van der Waals surface area contributed by atoms with E-state index in [0.29, 0.717) is 17.1 Å². The first kappa shape index (κ1) is 17.1. The number of nitrogens with one attached hydrogen (secondary N) is 1. The van der Waals surface area contributed by atoms with Crippen LogP contribution in [0.1, 0.15) is 5.56 Å². The molecule has 0 aliphatic rings. The van der Waals surface area contributed by atoms with Gasteiger partial charge in [0.1, 0.15) is 6.54 Å². The molecule has 26 heavy (non-hydrogen) atoms. The summed E-state index contributed by atoms with van der Waals surface area (Å²) in [5, 5.41) is 25.7. The predicted octanol–water partition coefficient (Wildman–Crippen LogP) is 1.20. The summed E-state index contributed by atoms with van der Waals surface area (Å²) in [6, 6.07) is 14.3. The molecule has 3 rings (SSSR count). The molecule has 3 aromatic rings. The molecular weight excluding hydrogens is 336 g/mol. The summed E-state index contributed by atoms with van der Waals surface area (Å²) >= 11 is 0. The van der Waals surface area contributed by atoms with Crippen LogP contribution in [-0.4, -0.2) is 44.5 Å². The van der Waals surface area contributed by atoms with Crippen LogP contribution >= 0.6 is 0 Å². The number of phenolic OH excluding ortho intramolecular Hbond substituents is 1. The maximum Gasteiger partial charge on any atom is 0.263 e. The lowest BCUT2D eigenvalue weighted by atomic mass is 10.2. The fourth-order valence-electron chi connectivity index (χ4n) is 2.16. The normalized spacial score (nSPS) is 10.8. The number of amides is 1. The zero-order chi connectivity index (χ0) is 18.4. The van der Waals surface area contributed by atoms with Gasteiger partial charge in [0.15, 0.2) is 11.5 Å². The largest absolute Gasteiger partial charge is 0.504 e. The van der Waals surface area contributed by atoms with Gasteiger partial charge in [-0.1, -0.05) is 36.4 Å². The zero-order valence-corrected chi connectivity index (χ0v) is 13.9. The number of methoxy groups -OCH3 is 1. The molecule has 0 bridgehead atoms. The summed E-state index contributed by atoms with van der Waals surface area (Å²) in [6.45, 7) is -0.138. The minimum absolute atomic E-state index is 0.0570. The van der Waals surface area contributed by atoms with Crippen LogP contribution in [0.25, 0.3) is 11.4 Å². The molecule has 9 nitrogen and oxygen atoms in total. The average Bonchev–Trinajstić information content (AvgIpc) is 3.12. The van der Waals surface area contributed by atoms with Crippen LogP contribution in [0.2, 0.25) is 0 Å². The molecule has 0 radical (unpaired) electrons. The van der Waals surface area contributed by atoms with E-state index >= 15 is 0 Å². The number of hydrogen-bond donors (Lipinski definition) is 2. The van der Waals surface area contributed by atoms with E-state index in [2.05, 4.69) is 25.9 Å². The lowest BCUT2D eigenvalue weighted by Gasteiger charge is -2.04. The van der Waals surface area contributed by atoms with Crippen LogP contribution in [0.3, 0.4) is 0 Å². The second-order valence-corrected chi connectivity index (χ2v) is 5.20. The van der Waals surface area contributed by atoms with Gasteiger partial charge in [0.05, 0.1) is 13.3 Å². The Morgan fingerprint density at radius 3 is 2.85 bits per heavy atom. The molecule has 0 atom stereocenters. The van der Waals surface area contributed by atoms with Crippen molar-refractivity contribution in [3.63, 3.8) is 0 Å². The number of rotatable bonds is 6. The molecule has 2 aromatic carbocycles. The Balaban J connectivity index is 1.59. The van der Waals surface area contributed by atoms with E-state index in [1.54, 1.807) is 18.2 Å². The second-order valence-electron chi connectivity index (χ2n) is 5.20. The van der Waals surface area contributed by atoms with Gasteiger partial charge in [-0.05, 0) is 17.3 Å². The Morgan fingerprint density at radius 1 is 1.27 bits per heavy atom. The Kier molecular flexibility index (Phi) is 5.18. The minimum atomic E-state index is -0.430. The number of phenols is 1. The van der Waals surface area contributed by atoms with Gasteiger partial charge < -0.3 is 9.84 Å². The molecule has 1 aromatic heterocycles. The molecule has 1 heterocycles. The van der Waals surface area contributed by atoms with Crippen LogP contribution in [0.5, 0.6) is 11.5 Å². The maximum absolute atomic E-state index is 11.9. The van der Waals surface area contributed by atoms with Crippen LogP contribution in [0.4, 0.5) is 0 Å². The molecule has 0 unspecified atom stereocenters. The molecule has 9 heteroatoms. The zero-order valence-electron chi connectivity index (χ0n) is 13.9. The van der Waals surface area contributed by atoms with Crippen molar-refractivity contribution in [3.05, 3.63) is 54.1 Å². The number of aromatic hydroxyl groups is 1. The first-order valence-corrected chi connectivity index (χ1v) is 7.68. The summed E-state index contributed by atoms with van der Waals surface area (Å²) in [5.41, 5.74) is 3.57. The molecule has 1 amide bonds. The molecule has 2 N–H and O–H groups in total. The highest BCUT2D eigenvalue weighted by molar-refractivity contribution is 5.86. The van der Waals surface area contributed by atoms with Crippen molar-refractivity contribution < 1.29 is 14.6 Å². The lowest BCUT2D eigenvalue weighted by Crippen LogP contribution is -2.24. The van der Waals surface area contributed by atoms with Crippen LogP contribution in [0, 0.1) is 0 Å². The topological polar surface area (TPSA) is 115 Å².